The second-order valence-corrected chi connectivity index (χ2v) is 11.4. The molecule has 6 nitrogen and oxygen atoms in total. The van der Waals surface area contributed by atoms with E-state index in [2.05, 4.69) is 16.8 Å². The molecule has 2 saturated heterocycles. The molecule has 4 saturated carbocycles. The summed E-state index contributed by atoms with van der Waals surface area (Å²) in [6.07, 6.45) is 9.46. The number of imide groups is 1. The number of piperidine rings is 1. The average molecular weight is 428 g/mol. The Morgan fingerprint density at radius 3 is 2.10 bits per heavy atom. The first-order chi connectivity index (χ1) is 14.8. The molecule has 0 aromatic carbocycles. The van der Waals surface area contributed by atoms with Gasteiger partial charge in [-0.25, -0.2) is 4.79 Å². The Morgan fingerprint density at radius 1 is 1.06 bits per heavy atom. The van der Waals surface area contributed by atoms with E-state index < -0.39 is 5.54 Å². The fourth-order valence-electron chi connectivity index (χ4n) is 8.15. The maximum atomic E-state index is 13.7. The Morgan fingerprint density at radius 2 is 1.61 bits per heavy atom. The highest BCUT2D eigenvalue weighted by molar-refractivity contribution is 6.07. The van der Waals surface area contributed by atoms with Crippen LogP contribution in [0.2, 0.25) is 0 Å². The highest BCUT2D eigenvalue weighted by Crippen LogP contribution is 2.60. The van der Waals surface area contributed by atoms with Crippen molar-refractivity contribution in [3.8, 4) is 0 Å². The third kappa shape index (κ3) is 3.23. The smallest absolute Gasteiger partial charge is 0.325 e. The zero-order valence-electron chi connectivity index (χ0n) is 19.1. The van der Waals surface area contributed by atoms with Gasteiger partial charge in [-0.15, -0.1) is 0 Å². The monoisotopic (exact) mass is 427 g/mol. The number of urea groups is 1. The molecule has 0 radical (unpaired) electrons. The molecule has 6 fully saturated rings. The molecule has 0 unspecified atom stereocenters. The minimum atomic E-state index is -0.831. The first-order valence-corrected chi connectivity index (χ1v) is 12.3. The summed E-state index contributed by atoms with van der Waals surface area (Å²) in [7, 11) is 0. The quantitative estimate of drug-likeness (QED) is 0.537. The SMILES string of the molecule is C=C(C)CN1C(=O)N[C@@](CC)(C2CCN(C(=O)C34CC5CC(CC(C5)C3)C4)CC2)C1=O. The van der Waals surface area contributed by atoms with E-state index in [1.807, 2.05) is 13.8 Å². The summed E-state index contributed by atoms with van der Waals surface area (Å²) in [5.74, 6) is 2.64. The van der Waals surface area contributed by atoms with Crippen molar-refractivity contribution in [3.63, 3.8) is 0 Å². The molecule has 4 amide bonds. The van der Waals surface area contributed by atoms with Gasteiger partial charge >= 0.3 is 6.03 Å². The maximum Gasteiger partial charge on any atom is 0.325 e. The molecule has 170 valence electrons. The van der Waals surface area contributed by atoms with Crippen LogP contribution in [0.1, 0.15) is 71.6 Å². The first kappa shape index (κ1) is 21.0. The van der Waals surface area contributed by atoms with Crippen molar-refractivity contribution in [2.24, 2.45) is 29.1 Å². The lowest BCUT2D eigenvalue weighted by molar-refractivity contribution is -0.159. The molecular weight excluding hydrogens is 390 g/mol. The van der Waals surface area contributed by atoms with E-state index in [-0.39, 0.29) is 29.8 Å². The molecule has 1 N–H and O–H groups in total. The molecule has 6 aliphatic rings. The lowest BCUT2D eigenvalue weighted by Crippen LogP contribution is -2.59. The van der Waals surface area contributed by atoms with Crippen LogP contribution in [-0.2, 0) is 9.59 Å². The van der Waals surface area contributed by atoms with E-state index in [1.165, 1.54) is 24.2 Å². The van der Waals surface area contributed by atoms with Crippen LogP contribution in [0.3, 0.4) is 0 Å². The number of hydrogen-bond acceptors (Lipinski definition) is 3. The van der Waals surface area contributed by atoms with Crippen LogP contribution in [0.5, 0.6) is 0 Å². The van der Waals surface area contributed by atoms with Gasteiger partial charge in [0.05, 0.1) is 12.0 Å². The number of nitrogens with one attached hydrogen (secondary N) is 1. The van der Waals surface area contributed by atoms with Crippen LogP contribution in [0.4, 0.5) is 4.79 Å². The minimum Gasteiger partial charge on any atom is -0.342 e. The summed E-state index contributed by atoms with van der Waals surface area (Å²) in [6, 6.07) is -0.304. The third-order valence-electron chi connectivity index (χ3n) is 9.16. The molecule has 6 heteroatoms. The summed E-state index contributed by atoms with van der Waals surface area (Å²) >= 11 is 0. The van der Waals surface area contributed by atoms with Gasteiger partial charge in [0.2, 0.25) is 5.91 Å². The first-order valence-electron chi connectivity index (χ1n) is 12.3. The molecule has 0 spiro atoms. The van der Waals surface area contributed by atoms with Crippen molar-refractivity contribution in [2.75, 3.05) is 19.6 Å². The van der Waals surface area contributed by atoms with E-state index >= 15 is 0 Å². The standard InChI is InChI=1S/C25H37N3O3/c1-4-25(22(30)28(15-16(2)3)23(31)26-25)20-5-7-27(8-6-20)21(29)24-12-17-9-18(13-24)11-19(10-17)14-24/h17-20H,2,4-15H2,1,3H3,(H,26,31)/t17?,18?,19?,24?,25-/m0/s1. The lowest BCUT2D eigenvalue weighted by Gasteiger charge is -2.57. The topological polar surface area (TPSA) is 69.7 Å². The van der Waals surface area contributed by atoms with Crippen molar-refractivity contribution in [3.05, 3.63) is 12.2 Å². The average Bonchev–Trinajstić information content (AvgIpc) is 2.97. The molecule has 0 aromatic heterocycles. The number of nitrogens with zero attached hydrogens (tertiary/aromatic N) is 2. The van der Waals surface area contributed by atoms with Crippen LogP contribution in [0, 0.1) is 29.1 Å². The Bertz CT molecular complexity index is 778. The summed E-state index contributed by atoms with van der Waals surface area (Å²) in [4.78, 5) is 42.9. The molecule has 2 heterocycles. The maximum absolute atomic E-state index is 13.7. The van der Waals surface area contributed by atoms with Gasteiger partial charge in [0.15, 0.2) is 0 Å². The van der Waals surface area contributed by atoms with Crippen LogP contribution in [-0.4, -0.2) is 52.8 Å². The number of carbonyl (C=O) groups is 3. The van der Waals surface area contributed by atoms with Crippen molar-refractivity contribution in [1.82, 2.24) is 15.1 Å². The van der Waals surface area contributed by atoms with Crippen LogP contribution >= 0.6 is 0 Å². The predicted octanol–water partition coefficient (Wildman–Crippen LogP) is 3.72. The van der Waals surface area contributed by atoms with Crippen LogP contribution < -0.4 is 5.32 Å². The van der Waals surface area contributed by atoms with Gasteiger partial charge in [0.25, 0.3) is 5.91 Å². The van der Waals surface area contributed by atoms with E-state index in [1.54, 1.807) is 0 Å². The highest BCUT2D eigenvalue weighted by Gasteiger charge is 2.58. The molecular formula is C25H37N3O3. The number of carbonyl (C=O) groups excluding carboxylic acids is 3. The number of hydrogen-bond donors (Lipinski definition) is 1. The number of rotatable bonds is 5. The van der Waals surface area contributed by atoms with Crippen molar-refractivity contribution < 1.29 is 14.4 Å². The number of likely N-dealkylation sites (tertiary alicyclic amines) is 1. The van der Waals surface area contributed by atoms with Gasteiger partial charge in [-0.2, -0.15) is 0 Å². The largest absolute Gasteiger partial charge is 0.342 e. The van der Waals surface area contributed by atoms with Gasteiger partial charge in [0, 0.05) is 13.1 Å². The highest BCUT2D eigenvalue weighted by atomic mass is 16.2. The van der Waals surface area contributed by atoms with E-state index in [0.29, 0.717) is 25.4 Å². The summed E-state index contributed by atoms with van der Waals surface area (Å²) in [5, 5.41) is 3.04. The van der Waals surface area contributed by atoms with Gasteiger partial charge in [-0.1, -0.05) is 19.1 Å². The second kappa shape index (κ2) is 7.35. The third-order valence-corrected chi connectivity index (χ3v) is 9.16. The van der Waals surface area contributed by atoms with Crippen molar-refractivity contribution >= 4 is 17.8 Å². The Labute approximate surface area is 185 Å². The van der Waals surface area contributed by atoms with Gasteiger partial charge in [-0.3, -0.25) is 14.5 Å². The fraction of sp³-hybridized carbons (Fsp3) is 0.800. The fourth-order valence-corrected chi connectivity index (χ4v) is 8.15. The van der Waals surface area contributed by atoms with Gasteiger partial charge in [0.1, 0.15) is 5.54 Å². The Hall–Kier alpha value is -1.85. The van der Waals surface area contributed by atoms with Crippen molar-refractivity contribution in [2.45, 2.75) is 77.2 Å². The normalized spacial score (nSPS) is 39.9. The Balaban J connectivity index is 1.27. The molecule has 6 rings (SSSR count). The van der Waals surface area contributed by atoms with Crippen LogP contribution in [0.25, 0.3) is 0 Å². The zero-order valence-corrected chi connectivity index (χ0v) is 19.1. The van der Waals surface area contributed by atoms with Gasteiger partial charge in [-0.05, 0) is 88.4 Å². The zero-order chi connectivity index (χ0) is 22.0. The Kier molecular flexibility index (Phi) is 4.98. The predicted molar refractivity (Wildman–Crippen MR) is 118 cm³/mol. The van der Waals surface area contributed by atoms with E-state index in [4.69, 9.17) is 0 Å². The number of amides is 4. The molecule has 0 aromatic rings. The van der Waals surface area contributed by atoms with E-state index in [0.717, 1.165) is 55.4 Å². The molecule has 2 aliphatic heterocycles. The minimum absolute atomic E-state index is 0.0736. The molecule has 1 atom stereocenters. The molecule has 4 aliphatic carbocycles. The summed E-state index contributed by atoms with van der Waals surface area (Å²) in [6.45, 7) is 9.36. The van der Waals surface area contributed by atoms with Crippen molar-refractivity contribution in [1.29, 1.82) is 0 Å². The van der Waals surface area contributed by atoms with E-state index in [9.17, 15) is 14.4 Å². The molecule has 4 bridgehead atoms. The van der Waals surface area contributed by atoms with Crippen LogP contribution in [0.15, 0.2) is 12.2 Å². The summed E-state index contributed by atoms with van der Waals surface area (Å²) in [5.41, 5.74) is -0.131. The molecule has 31 heavy (non-hydrogen) atoms. The second-order valence-electron chi connectivity index (χ2n) is 11.4. The van der Waals surface area contributed by atoms with Gasteiger partial charge < -0.3 is 10.2 Å². The summed E-state index contributed by atoms with van der Waals surface area (Å²) < 4.78 is 0. The lowest BCUT2D eigenvalue weighted by atomic mass is 9.49.